The number of nitrogens with one attached hydrogen (secondary N) is 7. The van der Waals surface area contributed by atoms with Crippen molar-refractivity contribution in [3.8, 4) is 0 Å². The molecule has 4 rings (SSSR count). The number of hydrogen-bond donors (Lipinski definition) is 11. The third-order valence-electron chi connectivity index (χ3n) is 10.4. The van der Waals surface area contributed by atoms with Crippen LogP contribution >= 0.6 is 0 Å². The third kappa shape index (κ3) is 24.8. The van der Waals surface area contributed by atoms with Crippen LogP contribution in [0.25, 0.3) is 21.5 Å². The number of carbonyl (C=O) groups is 6. The number of benzene rings is 4. The van der Waals surface area contributed by atoms with Gasteiger partial charge in [0.1, 0.15) is 29.3 Å². The molecular weight excluding hydrogens is 937 g/mol. The normalized spacial score (nSPS) is 13.2. The van der Waals surface area contributed by atoms with Crippen molar-refractivity contribution in [3.05, 3.63) is 96.1 Å². The van der Waals surface area contributed by atoms with Crippen molar-refractivity contribution in [2.45, 2.75) is 115 Å². The molecule has 0 unspecified atom stereocenters. The summed E-state index contributed by atoms with van der Waals surface area (Å²) in [5, 5.41) is 33.1. The number of primary amides is 2. The Kier molecular flexibility index (Phi) is 26.0. The fourth-order valence-corrected chi connectivity index (χ4v) is 6.83. The standard InChI is InChI=1S/C26H38N6O4.C13H26N4O4.C13H14N2O/c1-26(2,3)36-25(35)32-20(11-8-14-30-24(28-4)29-5)23(34)31-21(22(27)33)16-17-12-13-18-9-6-7-10-19(18)15-17;1-13(2,3)21-12(20)17-9(10(18)19)7-6-8-16-11(14-4)15-5;14-12(13(15)16)8-9-5-6-10-3-1-2-4-11(10)7-9/h6-7,9-10,12-13,15,20-21H,8,11,14,16H2,1-5H3,(H2,27,33)(H,31,34)(H,32,35)(H2,28,29,30);9H,6-8H2,1-5H3,(H,17,20)(H,18,19)(H2,14,15,16);1-7,12H,8,14H2,(H2,15,16)/t20-,21+;9-;12-/m001/s1. The number of carbonyl (C=O) groups excluding carboxylic acids is 5. The van der Waals surface area contributed by atoms with E-state index in [-0.39, 0.29) is 6.42 Å². The molecule has 21 nitrogen and oxygen atoms in total. The first-order chi connectivity index (χ1) is 34.4. The van der Waals surface area contributed by atoms with Gasteiger partial charge in [-0.3, -0.25) is 24.4 Å². The zero-order valence-corrected chi connectivity index (χ0v) is 43.9. The minimum atomic E-state index is -1.08. The van der Waals surface area contributed by atoms with E-state index in [1.165, 1.54) is 5.39 Å². The molecule has 0 aliphatic heterocycles. The molecule has 4 aromatic carbocycles. The summed E-state index contributed by atoms with van der Waals surface area (Å²) in [5.74, 6) is -1.48. The van der Waals surface area contributed by atoms with Gasteiger partial charge in [-0.1, -0.05) is 84.9 Å². The number of alkyl carbamates (subject to hydrolysis) is 2. The van der Waals surface area contributed by atoms with Crippen LogP contribution < -0.4 is 54.4 Å². The first-order valence-electron chi connectivity index (χ1n) is 24.0. The largest absolute Gasteiger partial charge is 0.480 e. The smallest absolute Gasteiger partial charge is 0.408 e. The minimum absolute atomic E-state index is 0.227. The van der Waals surface area contributed by atoms with Crippen LogP contribution in [-0.2, 0) is 41.5 Å². The Hall–Kier alpha value is -7.68. The zero-order chi connectivity index (χ0) is 54.7. The Morgan fingerprint density at radius 1 is 0.575 bits per heavy atom. The quantitative estimate of drug-likeness (QED) is 0.0364. The van der Waals surface area contributed by atoms with E-state index in [0.29, 0.717) is 57.1 Å². The predicted octanol–water partition coefficient (Wildman–Crippen LogP) is 3.55. The van der Waals surface area contributed by atoms with E-state index >= 15 is 0 Å². The minimum Gasteiger partial charge on any atom is -0.480 e. The number of carboxylic acid groups (broad SMARTS) is 1. The molecular formula is C52H78N12O9. The van der Waals surface area contributed by atoms with Crippen molar-refractivity contribution in [1.82, 2.24) is 37.2 Å². The molecule has 5 amide bonds. The number of hydrogen-bond acceptors (Lipinski definition) is 11. The zero-order valence-electron chi connectivity index (χ0n) is 43.9. The van der Waals surface area contributed by atoms with Gasteiger partial charge in [0.05, 0.1) is 6.04 Å². The Morgan fingerprint density at radius 3 is 1.37 bits per heavy atom. The van der Waals surface area contributed by atoms with E-state index in [1.54, 1.807) is 69.7 Å². The summed E-state index contributed by atoms with van der Waals surface area (Å²) in [6.45, 7) is 11.4. The molecule has 0 radical (unpaired) electrons. The Bertz CT molecular complexity index is 2490. The molecule has 14 N–H and O–H groups in total. The maximum Gasteiger partial charge on any atom is 0.408 e. The highest BCUT2D eigenvalue weighted by Crippen LogP contribution is 2.18. The van der Waals surface area contributed by atoms with Gasteiger partial charge in [0, 0.05) is 47.7 Å². The van der Waals surface area contributed by atoms with E-state index < -0.39 is 71.2 Å². The second-order valence-corrected chi connectivity index (χ2v) is 18.8. The molecule has 21 heteroatoms. The van der Waals surface area contributed by atoms with Gasteiger partial charge in [0.25, 0.3) is 0 Å². The van der Waals surface area contributed by atoms with E-state index in [4.69, 9.17) is 31.8 Å². The molecule has 0 aliphatic carbocycles. The number of nitrogens with zero attached hydrogens (tertiary/aromatic N) is 2. The van der Waals surface area contributed by atoms with Gasteiger partial charge in [0.15, 0.2) is 11.9 Å². The second kappa shape index (κ2) is 30.9. The third-order valence-corrected chi connectivity index (χ3v) is 10.4. The Morgan fingerprint density at radius 2 is 0.986 bits per heavy atom. The highest BCUT2D eigenvalue weighted by Gasteiger charge is 2.28. The van der Waals surface area contributed by atoms with Crippen molar-refractivity contribution in [2.75, 3.05) is 41.3 Å². The second-order valence-electron chi connectivity index (χ2n) is 18.8. The van der Waals surface area contributed by atoms with Gasteiger partial charge in [-0.2, -0.15) is 0 Å². The summed E-state index contributed by atoms with van der Waals surface area (Å²) in [7, 11) is 6.77. The predicted molar refractivity (Wildman–Crippen MR) is 287 cm³/mol. The maximum atomic E-state index is 13.2. The molecule has 0 spiro atoms. The average Bonchev–Trinajstić information content (AvgIpc) is 3.32. The first-order valence-corrected chi connectivity index (χ1v) is 24.0. The van der Waals surface area contributed by atoms with Gasteiger partial charge in [0.2, 0.25) is 17.7 Å². The number of nitrogens with two attached hydrogens (primary N) is 3. The highest BCUT2D eigenvalue weighted by atomic mass is 16.6. The van der Waals surface area contributed by atoms with E-state index in [9.17, 15) is 28.8 Å². The van der Waals surface area contributed by atoms with Gasteiger partial charge in [-0.25, -0.2) is 14.4 Å². The molecule has 0 heterocycles. The number of carboxylic acids is 1. The molecule has 0 fully saturated rings. The van der Waals surface area contributed by atoms with Crippen molar-refractivity contribution in [2.24, 2.45) is 27.2 Å². The summed E-state index contributed by atoms with van der Waals surface area (Å²) < 4.78 is 10.4. The summed E-state index contributed by atoms with van der Waals surface area (Å²) >= 11 is 0. The van der Waals surface area contributed by atoms with Crippen LogP contribution in [-0.4, -0.2) is 130 Å². The van der Waals surface area contributed by atoms with Crippen molar-refractivity contribution in [3.63, 3.8) is 0 Å². The number of rotatable bonds is 19. The van der Waals surface area contributed by atoms with Crippen LogP contribution in [0.1, 0.15) is 78.4 Å². The van der Waals surface area contributed by atoms with Crippen molar-refractivity contribution < 1.29 is 43.3 Å². The highest BCUT2D eigenvalue weighted by molar-refractivity contribution is 5.91. The monoisotopic (exact) mass is 1010 g/mol. The lowest BCUT2D eigenvalue weighted by Gasteiger charge is -2.25. The number of aliphatic carboxylic acids is 1. The van der Waals surface area contributed by atoms with E-state index in [1.807, 2.05) is 84.9 Å². The van der Waals surface area contributed by atoms with E-state index in [0.717, 1.165) is 27.3 Å². The van der Waals surface area contributed by atoms with Gasteiger partial charge in [-0.15, -0.1) is 0 Å². The number of fused-ring (bicyclic) bond motifs is 2. The van der Waals surface area contributed by atoms with Crippen molar-refractivity contribution >= 4 is 69.3 Å². The van der Waals surface area contributed by atoms with Gasteiger partial charge >= 0.3 is 18.2 Å². The first kappa shape index (κ1) is 61.4. The van der Waals surface area contributed by atoms with Crippen LogP contribution in [0.3, 0.4) is 0 Å². The fraction of sp³-hybridized carbons (Fsp3) is 0.462. The summed E-state index contributed by atoms with van der Waals surface area (Å²) in [5.41, 5.74) is 16.9. The molecule has 0 aliphatic rings. The lowest BCUT2D eigenvalue weighted by Crippen LogP contribution is -2.54. The Balaban J connectivity index is 0.000000415. The SMILES string of the molecule is CN=C(NC)NCCC[C@H](NC(=O)OC(C)(C)C)C(=O)N[C@H](Cc1ccc2ccccc2c1)C(N)=O.CN=C(NC)NCCC[C@H](NC(=O)OC(C)(C)C)C(=O)O.NC(=O)[C@H](N)Cc1ccc2ccccc2c1. The van der Waals surface area contributed by atoms with Crippen LogP contribution in [0.5, 0.6) is 0 Å². The average molecular weight is 1020 g/mol. The summed E-state index contributed by atoms with van der Waals surface area (Å²) in [4.78, 5) is 79.3. The van der Waals surface area contributed by atoms with Crippen LogP contribution in [0.15, 0.2) is 94.9 Å². The molecule has 0 saturated heterocycles. The lowest BCUT2D eigenvalue weighted by molar-refractivity contribution is -0.139. The number of ether oxygens (including phenoxy) is 2. The molecule has 4 atom stereocenters. The van der Waals surface area contributed by atoms with E-state index in [2.05, 4.69) is 47.2 Å². The molecule has 0 saturated carbocycles. The number of amides is 5. The van der Waals surface area contributed by atoms with Crippen LogP contribution in [0, 0.1) is 0 Å². The fourth-order valence-electron chi connectivity index (χ4n) is 6.83. The molecule has 4 aromatic rings. The lowest BCUT2D eigenvalue weighted by atomic mass is 10.0. The maximum absolute atomic E-state index is 13.2. The topological polar surface area (TPSA) is 328 Å². The van der Waals surface area contributed by atoms with Crippen LogP contribution in [0.4, 0.5) is 9.59 Å². The molecule has 73 heavy (non-hydrogen) atoms. The number of aliphatic imine (C=N–C) groups is 2. The van der Waals surface area contributed by atoms with Gasteiger partial charge in [-0.05, 0) is 106 Å². The Labute approximate surface area is 428 Å². The number of guanidine groups is 2. The molecule has 400 valence electrons. The summed E-state index contributed by atoms with van der Waals surface area (Å²) in [6.07, 6.45) is 0.975. The van der Waals surface area contributed by atoms with Crippen molar-refractivity contribution in [1.29, 1.82) is 0 Å². The van der Waals surface area contributed by atoms with Gasteiger partial charge < -0.3 is 69.0 Å². The van der Waals surface area contributed by atoms with Crippen LogP contribution in [0.2, 0.25) is 0 Å². The molecule has 0 aromatic heterocycles. The summed E-state index contributed by atoms with van der Waals surface area (Å²) in [6, 6.07) is 24.4. The molecule has 0 bridgehead atoms.